The van der Waals surface area contributed by atoms with Crippen LogP contribution in [-0.4, -0.2) is 45.0 Å². The van der Waals surface area contributed by atoms with E-state index in [1.807, 2.05) is 24.0 Å². The maximum absolute atomic E-state index is 12.8. The molecule has 2 aliphatic rings. The summed E-state index contributed by atoms with van der Waals surface area (Å²) in [7, 11) is 0. The molecule has 3 atom stereocenters. The van der Waals surface area contributed by atoms with Gasteiger partial charge in [-0.25, -0.2) is 9.97 Å². The first kappa shape index (κ1) is 15.1. The van der Waals surface area contributed by atoms with Crippen molar-refractivity contribution in [3.8, 4) is 5.75 Å². The zero-order valence-corrected chi connectivity index (χ0v) is 13.6. The third-order valence-electron chi connectivity index (χ3n) is 5.14. The Labute approximate surface area is 140 Å². The first-order valence-electron chi connectivity index (χ1n) is 8.35. The summed E-state index contributed by atoms with van der Waals surface area (Å²) in [5.74, 6) is 1.74. The molecule has 1 amide bonds. The minimum Gasteiger partial charge on any atom is -0.488 e. The van der Waals surface area contributed by atoms with E-state index in [0.717, 1.165) is 37.4 Å². The Bertz CT molecular complexity index is 737. The van der Waals surface area contributed by atoms with Crippen molar-refractivity contribution in [1.82, 2.24) is 19.9 Å². The van der Waals surface area contributed by atoms with Gasteiger partial charge in [0.15, 0.2) is 0 Å². The highest BCUT2D eigenvalue weighted by Gasteiger charge is 2.45. The molecule has 2 aromatic rings. The zero-order valence-electron chi connectivity index (χ0n) is 13.6. The molecule has 1 saturated carbocycles. The Hall–Kier alpha value is -2.50. The van der Waals surface area contributed by atoms with Crippen LogP contribution in [0.4, 0.5) is 0 Å². The molecule has 0 aromatic carbocycles. The summed E-state index contributed by atoms with van der Waals surface area (Å²) < 4.78 is 6.12. The van der Waals surface area contributed by atoms with E-state index in [0.29, 0.717) is 17.4 Å². The molecule has 4 rings (SSSR count). The molecule has 1 saturated heterocycles. The summed E-state index contributed by atoms with van der Waals surface area (Å²) in [4.78, 5) is 26.9. The number of amides is 1. The normalized spacial score (nSPS) is 25.5. The van der Waals surface area contributed by atoms with Gasteiger partial charge in [0.05, 0.1) is 17.5 Å². The van der Waals surface area contributed by atoms with Crippen LogP contribution < -0.4 is 4.74 Å². The van der Waals surface area contributed by atoms with Crippen molar-refractivity contribution in [3.63, 3.8) is 0 Å². The maximum atomic E-state index is 12.8. The fourth-order valence-corrected chi connectivity index (χ4v) is 3.89. The summed E-state index contributed by atoms with van der Waals surface area (Å²) in [6.07, 6.45) is 8.87. The van der Waals surface area contributed by atoms with E-state index in [9.17, 15) is 4.79 Å². The summed E-state index contributed by atoms with van der Waals surface area (Å²) in [6, 6.07) is 3.81. The first-order valence-corrected chi connectivity index (χ1v) is 8.35. The van der Waals surface area contributed by atoms with E-state index in [4.69, 9.17) is 4.74 Å². The molecule has 0 spiro atoms. The van der Waals surface area contributed by atoms with E-state index in [2.05, 4.69) is 15.0 Å². The molecule has 3 heterocycles. The second kappa shape index (κ2) is 6.19. The van der Waals surface area contributed by atoms with Crippen molar-refractivity contribution >= 4 is 5.91 Å². The van der Waals surface area contributed by atoms with Crippen LogP contribution in [0.5, 0.6) is 5.75 Å². The number of carbonyl (C=O) groups excluding carboxylic acids is 1. The molecule has 0 unspecified atom stereocenters. The Morgan fingerprint density at radius 3 is 2.96 bits per heavy atom. The largest absolute Gasteiger partial charge is 0.488 e. The molecular formula is C18H20N4O2. The molecule has 0 bridgehead atoms. The van der Waals surface area contributed by atoms with Crippen molar-refractivity contribution in [1.29, 1.82) is 0 Å². The van der Waals surface area contributed by atoms with Gasteiger partial charge < -0.3 is 9.64 Å². The van der Waals surface area contributed by atoms with Crippen LogP contribution in [0.15, 0.2) is 37.1 Å². The quantitative estimate of drug-likeness (QED) is 0.865. The molecular weight excluding hydrogens is 304 g/mol. The zero-order chi connectivity index (χ0) is 16.5. The highest BCUT2D eigenvalue weighted by molar-refractivity contribution is 5.95. The molecule has 6 heteroatoms. The van der Waals surface area contributed by atoms with Crippen LogP contribution in [0.1, 0.15) is 28.9 Å². The second-order valence-corrected chi connectivity index (χ2v) is 6.58. The Balaban J connectivity index is 1.46. The van der Waals surface area contributed by atoms with Crippen LogP contribution in [0, 0.1) is 18.8 Å². The molecule has 24 heavy (non-hydrogen) atoms. The van der Waals surface area contributed by atoms with Gasteiger partial charge >= 0.3 is 0 Å². The summed E-state index contributed by atoms with van der Waals surface area (Å²) in [5.41, 5.74) is 1.33. The lowest BCUT2D eigenvalue weighted by Gasteiger charge is -2.22. The monoisotopic (exact) mass is 324 g/mol. The highest BCUT2D eigenvalue weighted by atomic mass is 16.5. The third-order valence-corrected chi connectivity index (χ3v) is 5.14. The molecule has 0 radical (unpaired) electrons. The smallest absolute Gasteiger partial charge is 0.257 e. The Kier molecular flexibility index (Phi) is 3.88. The standard InChI is InChI=1S/C18H20N4O2/c1-12-15(8-20-11-21-12)18(23)22-9-13-4-5-17(16(13)10-22)24-14-3-2-6-19-7-14/h2-3,6-8,11,13,16-17H,4-5,9-10H2,1H3/t13-,16+,17-/m1/s1. The van der Waals surface area contributed by atoms with Gasteiger partial charge in [-0.1, -0.05) is 0 Å². The van der Waals surface area contributed by atoms with Crippen molar-refractivity contribution in [2.75, 3.05) is 13.1 Å². The molecule has 0 N–H and O–H groups in total. The van der Waals surface area contributed by atoms with Gasteiger partial charge in [0.25, 0.3) is 5.91 Å². The van der Waals surface area contributed by atoms with Gasteiger partial charge in [0.1, 0.15) is 18.2 Å². The number of aromatic nitrogens is 3. The van der Waals surface area contributed by atoms with E-state index in [1.54, 1.807) is 18.6 Å². The van der Waals surface area contributed by atoms with E-state index in [1.165, 1.54) is 6.33 Å². The summed E-state index contributed by atoms with van der Waals surface area (Å²) in [5, 5.41) is 0. The number of pyridine rings is 1. The van der Waals surface area contributed by atoms with Crippen molar-refractivity contribution in [2.24, 2.45) is 11.8 Å². The lowest BCUT2D eigenvalue weighted by Crippen LogP contribution is -2.33. The number of nitrogens with zero attached hydrogens (tertiary/aromatic N) is 4. The first-order chi connectivity index (χ1) is 11.7. The summed E-state index contributed by atoms with van der Waals surface area (Å²) in [6.45, 7) is 3.38. The Morgan fingerprint density at radius 1 is 1.25 bits per heavy atom. The predicted molar refractivity (Wildman–Crippen MR) is 87.5 cm³/mol. The number of fused-ring (bicyclic) bond motifs is 1. The third kappa shape index (κ3) is 2.72. The van der Waals surface area contributed by atoms with Crippen LogP contribution >= 0.6 is 0 Å². The molecule has 1 aliphatic carbocycles. The van der Waals surface area contributed by atoms with Crippen LogP contribution in [0.3, 0.4) is 0 Å². The number of hydrogen-bond acceptors (Lipinski definition) is 5. The van der Waals surface area contributed by atoms with Crippen LogP contribution in [0.25, 0.3) is 0 Å². The number of carbonyl (C=O) groups is 1. The number of hydrogen-bond donors (Lipinski definition) is 0. The molecule has 2 aromatic heterocycles. The van der Waals surface area contributed by atoms with Crippen molar-refractivity contribution in [2.45, 2.75) is 25.9 Å². The van der Waals surface area contributed by atoms with E-state index in [-0.39, 0.29) is 12.0 Å². The van der Waals surface area contributed by atoms with Gasteiger partial charge in [0.2, 0.25) is 0 Å². The van der Waals surface area contributed by atoms with Crippen LogP contribution in [-0.2, 0) is 0 Å². The second-order valence-electron chi connectivity index (χ2n) is 6.58. The molecule has 124 valence electrons. The highest BCUT2D eigenvalue weighted by Crippen LogP contribution is 2.40. The minimum absolute atomic E-state index is 0.0302. The predicted octanol–water partition coefficient (Wildman–Crippen LogP) is 2.11. The van der Waals surface area contributed by atoms with Gasteiger partial charge in [-0.2, -0.15) is 0 Å². The maximum Gasteiger partial charge on any atom is 0.257 e. The molecule has 6 nitrogen and oxygen atoms in total. The SMILES string of the molecule is Cc1ncncc1C(=O)N1C[C@H]2CC[C@@H](Oc3cccnc3)[C@H]2C1. The summed E-state index contributed by atoms with van der Waals surface area (Å²) >= 11 is 0. The lowest BCUT2D eigenvalue weighted by molar-refractivity contribution is 0.0760. The van der Waals surface area contributed by atoms with E-state index < -0.39 is 0 Å². The average molecular weight is 324 g/mol. The molecule has 2 fully saturated rings. The number of ether oxygens (including phenoxy) is 1. The fraction of sp³-hybridized carbons (Fsp3) is 0.444. The topological polar surface area (TPSA) is 68.2 Å². The Morgan fingerprint density at radius 2 is 2.17 bits per heavy atom. The lowest BCUT2D eigenvalue weighted by atomic mass is 9.99. The van der Waals surface area contributed by atoms with Gasteiger partial charge in [-0.15, -0.1) is 0 Å². The van der Waals surface area contributed by atoms with E-state index >= 15 is 0 Å². The average Bonchev–Trinajstić information content (AvgIpc) is 3.18. The van der Waals surface area contributed by atoms with Gasteiger partial charge in [0, 0.05) is 31.4 Å². The van der Waals surface area contributed by atoms with Gasteiger partial charge in [-0.3, -0.25) is 9.78 Å². The van der Waals surface area contributed by atoms with Gasteiger partial charge in [-0.05, 0) is 37.8 Å². The van der Waals surface area contributed by atoms with Crippen molar-refractivity contribution < 1.29 is 9.53 Å². The number of likely N-dealkylation sites (tertiary alicyclic amines) is 1. The van der Waals surface area contributed by atoms with Crippen molar-refractivity contribution in [3.05, 3.63) is 48.3 Å². The minimum atomic E-state index is 0.0302. The number of aryl methyl sites for hydroxylation is 1. The molecule has 1 aliphatic heterocycles. The number of rotatable bonds is 3. The fourth-order valence-electron chi connectivity index (χ4n) is 3.89. The van der Waals surface area contributed by atoms with Crippen LogP contribution in [0.2, 0.25) is 0 Å².